The molecule has 0 saturated carbocycles. The van der Waals surface area contributed by atoms with Gasteiger partial charge in [-0.1, -0.05) is 26.0 Å². The van der Waals surface area contributed by atoms with E-state index in [1.54, 1.807) is 31.3 Å². The molecule has 1 atom stereocenters. The molecule has 1 amide bonds. The van der Waals surface area contributed by atoms with Crippen molar-refractivity contribution in [3.8, 4) is 17.2 Å². The zero-order valence-electron chi connectivity index (χ0n) is 20.9. The highest BCUT2D eigenvalue weighted by atomic mass is 19.4. The van der Waals surface area contributed by atoms with Gasteiger partial charge in [-0.2, -0.15) is 0 Å². The van der Waals surface area contributed by atoms with Gasteiger partial charge in [0.1, 0.15) is 17.2 Å². The van der Waals surface area contributed by atoms with Crippen molar-refractivity contribution >= 4 is 5.91 Å². The maximum Gasteiger partial charge on any atom is 0.573 e. The Balaban J connectivity index is 0.00000107. The first-order valence-electron chi connectivity index (χ1n) is 11.1. The SMILES string of the molecule is C=CC.CC.COc1cc(OC)c2c(c1C)CCN(C(=O)c1cccc(OC(F)(F)F)c1)C2C. The van der Waals surface area contributed by atoms with E-state index in [1.807, 2.05) is 34.6 Å². The summed E-state index contributed by atoms with van der Waals surface area (Å²) in [5.41, 5.74) is 3.06. The number of carbonyl (C=O) groups is 1. The Morgan fingerprint density at radius 3 is 2.26 bits per heavy atom. The van der Waals surface area contributed by atoms with Crippen LogP contribution in [0.4, 0.5) is 13.2 Å². The van der Waals surface area contributed by atoms with Crippen LogP contribution in [-0.4, -0.2) is 37.9 Å². The Bertz CT molecular complexity index is 973. The van der Waals surface area contributed by atoms with Crippen LogP contribution in [0.3, 0.4) is 0 Å². The topological polar surface area (TPSA) is 48.0 Å². The molecule has 8 heteroatoms. The Morgan fingerprint density at radius 2 is 1.74 bits per heavy atom. The highest BCUT2D eigenvalue weighted by molar-refractivity contribution is 5.95. The monoisotopic (exact) mass is 481 g/mol. The zero-order chi connectivity index (χ0) is 26.1. The number of allylic oxidation sites excluding steroid dienone is 1. The lowest BCUT2D eigenvalue weighted by Crippen LogP contribution is -2.39. The summed E-state index contributed by atoms with van der Waals surface area (Å²) in [6.45, 7) is 13.5. The maximum absolute atomic E-state index is 13.1. The van der Waals surface area contributed by atoms with Crippen molar-refractivity contribution in [1.29, 1.82) is 0 Å². The van der Waals surface area contributed by atoms with E-state index >= 15 is 0 Å². The van der Waals surface area contributed by atoms with Crippen LogP contribution in [0.1, 0.15) is 60.8 Å². The number of hydrogen-bond acceptors (Lipinski definition) is 4. The van der Waals surface area contributed by atoms with Gasteiger partial charge in [0, 0.05) is 23.7 Å². The number of hydrogen-bond donors (Lipinski definition) is 0. The normalized spacial score (nSPS) is 14.4. The number of ether oxygens (including phenoxy) is 3. The summed E-state index contributed by atoms with van der Waals surface area (Å²) in [6.07, 6.45) is -2.48. The number of benzene rings is 2. The van der Waals surface area contributed by atoms with Gasteiger partial charge in [-0.05, 0) is 56.5 Å². The lowest BCUT2D eigenvalue weighted by Gasteiger charge is -2.37. The summed E-state index contributed by atoms with van der Waals surface area (Å²) in [5.74, 6) is 0.532. The van der Waals surface area contributed by atoms with Gasteiger partial charge in [-0.3, -0.25) is 4.79 Å². The Morgan fingerprint density at radius 1 is 1.15 bits per heavy atom. The molecule has 2 aromatic carbocycles. The molecule has 0 fully saturated rings. The van der Waals surface area contributed by atoms with Crippen molar-refractivity contribution in [3.05, 3.63) is 65.2 Å². The highest BCUT2D eigenvalue weighted by Gasteiger charge is 2.34. The average Bonchev–Trinajstić information content (AvgIpc) is 2.80. The number of methoxy groups -OCH3 is 2. The van der Waals surface area contributed by atoms with Crippen molar-refractivity contribution in [2.45, 2.75) is 53.4 Å². The Hall–Kier alpha value is -3.16. The molecule has 0 radical (unpaired) electrons. The molecule has 0 saturated heterocycles. The summed E-state index contributed by atoms with van der Waals surface area (Å²) in [5, 5.41) is 0. The molecule has 5 nitrogen and oxygen atoms in total. The average molecular weight is 482 g/mol. The van der Waals surface area contributed by atoms with Gasteiger partial charge in [0.05, 0.1) is 20.3 Å². The fraction of sp³-hybridized carbons (Fsp3) is 0.423. The molecule has 3 rings (SSSR count). The second-order valence-electron chi connectivity index (χ2n) is 7.21. The number of halogens is 3. The molecule has 1 aliphatic rings. The molecule has 1 aliphatic heterocycles. The van der Waals surface area contributed by atoms with E-state index in [0.717, 1.165) is 28.8 Å². The largest absolute Gasteiger partial charge is 0.573 e. The number of alkyl halides is 3. The Labute approximate surface area is 200 Å². The van der Waals surface area contributed by atoms with Crippen LogP contribution in [-0.2, 0) is 6.42 Å². The minimum atomic E-state index is -4.82. The fourth-order valence-electron chi connectivity index (χ4n) is 3.82. The lowest BCUT2D eigenvalue weighted by molar-refractivity contribution is -0.274. The molecule has 0 aliphatic carbocycles. The van der Waals surface area contributed by atoms with Crippen molar-refractivity contribution < 1.29 is 32.2 Å². The summed E-state index contributed by atoms with van der Waals surface area (Å²) in [7, 11) is 3.14. The van der Waals surface area contributed by atoms with Crippen LogP contribution in [0, 0.1) is 6.92 Å². The van der Waals surface area contributed by atoms with Crippen molar-refractivity contribution in [2.75, 3.05) is 20.8 Å². The lowest BCUT2D eigenvalue weighted by atomic mass is 9.88. The van der Waals surface area contributed by atoms with E-state index in [-0.39, 0.29) is 17.5 Å². The molecule has 0 aromatic heterocycles. The molecule has 1 unspecified atom stereocenters. The number of nitrogens with zero attached hydrogens (tertiary/aromatic N) is 1. The predicted molar refractivity (Wildman–Crippen MR) is 128 cm³/mol. The molecule has 0 N–H and O–H groups in total. The molecule has 34 heavy (non-hydrogen) atoms. The number of fused-ring (bicyclic) bond motifs is 1. The first-order valence-corrected chi connectivity index (χ1v) is 11.1. The predicted octanol–water partition coefficient (Wildman–Crippen LogP) is 6.89. The summed E-state index contributed by atoms with van der Waals surface area (Å²) in [4.78, 5) is 14.7. The third-order valence-corrected chi connectivity index (χ3v) is 5.18. The first kappa shape index (κ1) is 28.9. The van der Waals surface area contributed by atoms with E-state index in [2.05, 4.69) is 11.3 Å². The van der Waals surface area contributed by atoms with Crippen LogP contribution in [0.15, 0.2) is 43.0 Å². The number of carbonyl (C=O) groups excluding carboxylic acids is 1. The standard InChI is InChI=1S/C21H22F3NO4.C3H6.C2H6/c1-12-16-8-9-25(13(2)19(16)18(28-4)11-17(12)27-3)20(26)14-6-5-7-15(10-14)29-21(22,23)24;1-3-2;1-2/h5-7,10-11,13H,8-9H2,1-4H3;3H,1H2,2H3;1-2H3. The first-order chi connectivity index (χ1) is 16.1. The van der Waals surface area contributed by atoms with Crippen LogP contribution >= 0.6 is 0 Å². The van der Waals surface area contributed by atoms with Gasteiger partial charge < -0.3 is 19.1 Å². The van der Waals surface area contributed by atoms with Crippen molar-refractivity contribution in [3.63, 3.8) is 0 Å². The minimum Gasteiger partial charge on any atom is -0.496 e. The van der Waals surface area contributed by atoms with Gasteiger partial charge in [0.15, 0.2) is 0 Å². The summed E-state index contributed by atoms with van der Waals surface area (Å²) < 4.78 is 52.4. The molecule has 188 valence electrons. The Kier molecular flexibility index (Phi) is 11.0. The van der Waals surface area contributed by atoms with Crippen LogP contribution in [0.25, 0.3) is 0 Å². The van der Waals surface area contributed by atoms with Gasteiger partial charge in [0.25, 0.3) is 5.91 Å². The van der Waals surface area contributed by atoms with Crippen molar-refractivity contribution in [2.24, 2.45) is 0 Å². The van der Waals surface area contributed by atoms with Crippen LogP contribution in [0.5, 0.6) is 17.2 Å². The molecular formula is C26H34F3NO4. The van der Waals surface area contributed by atoms with E-state index in [0.29, 0.717) is 24.5 Å². The maximum atomic E-state index is 13.1. The summed E-state index contributed by atoms with van der Waals surface area (Å²) in [6, 6.07) is 6.58. The van der Waals surface area contributed by atoms with E-state index in [1.165, 1.54) is 12.1 Å². The van der Waals surface area contributed by atoms with E-state index < -0.39 is 12.1 Å². The van der Waals surface area contributed by atoms with Crippen LogP contribution < -0.4 is 14.2 Å². The fourth-order valence-corrected chi connectivity index (χ4v) is 3.82. The number of rotatable bonds is 4. The van der Waals surface area contributed by atoms with Crippen molar-refractivity contribution in [1.82, 2.24) is 4.90 Å². The van der Waals surface area contributed by atoms with Gasteiger partial charge in [-0.15, -0.1) is 19.8 Å². The van der Waals surface area contributed by atoms with Gasteiger partial charge >= 0.3 is 6.36 Å². The third-order valence-electron chi connectivity index (χ3n) is 5.18. The third kappa shape index (κ3) is 6.92. The highest BCUT2D eigenvalue weighted by Crippen LogP contribution is 2.42. The van der Waals surface area contributed by atoms with E-state index in [9.17, 15) is 18.0 Å². The minimum absolute atomic E-state index is 0.131. The molecule has 0 bridgehead atoms. The van der Waals surface area contributed by atoms with Crippen LogP contribution in [0.2, 0.25) is 0 Å². The number of amides is 1. The second-order valence-corrected chi connectivity index (χ2v) is 7.21. The second kappa shape index (κ2) is 12.9. The van der Waals surface area contributed by atoms with Gasteiger partial charge in [0.2, 0.25) is 0 Å². The van der Waals surface area contributed by atoms with Gasteiger partial charge in [-0.25, -0.2) is 0 Å². The zero-order valence-corrected chi connectivity index (χ0v) is 20.9. The molecule has 2 aromatic rings. The molecular weight excluding hydrogens is 447 g/mol. The molecule has 1 heterocycles. The molecule has 0 spiro atoms. The quantitative estimate of drug-likeness (QED) is 0.446. The smallest absolute Gasteiger partial charge is 0.496 e. The summed E-state index contributed by atoms with van der Waals surface area (Å²) >= 11 is 0. The van der Waals surface area contributed by atoms with E-state index in [4.69, 9.17) is 9.47 Å².